The number of hydrogen-bond donors (Lipinski definition) is 0. The van der Waals surface area contributed by atoms with Gasteiger partial charge in [0.15, 0.2) is 0 Å². The zero-order valence-electron chi connectivity index (χ0n) is 8.67. The molecule has 0 saturated heterocycles. The van der Waals surface area contributed by atoms with Crippen LogP contribution in [-0.4, -0.2) is 22.5 Å². The Kier molecular flexibility index (Phi) is 2.25. The summed E-state index contributed by atoms with van der Waals surface area (Å²) in [5.41, 5.74) is 1.36. The molecular weight excluding hydrogens is 222 g/mol. The molecule has 0 bridgehead atoms. The highest BCUT2D eigenvalue weighted by Gasteiger charge is 2.20. The van der Waals surface area contributed by atoms with Crippen LogP contribution in [0.1, 0.15) is 10.4 Å². The normalized spacial score (nSPS) is 14.9. The van der Waals surface area contributed by atoms with E-state index in [1.54, 1.807) is 12.4 Å². The average Bonchev–Trinajstić information content (AvgIpc) is 2.96. The number of nitrogens with zero attached hydrogens (tertiary/aromatic N) is 3. The van der Waals surface area contributed by atoms with Crippen LogP contribution in [-0.2, 0) is 17.8 Å². The molecule has 0 unspecified atom stereocenters. The molecule has 0 fully saturated rings. The van der Waals surface area contributed by atoms with Crippen LogP contribution in [0.3, 0.4) is 0 Å². The average molecular weight is 233 g/mol. The van der Waals surface area contributed by atoms with Gasteiger partial charge in [0.25, 0.3) is 0 Å². The number of fused-ring (bicyclic) bond motifs is 1. The molecule has 0 spiro atoms. The second-order valence-electron chi connectivity index (χ2n) is 3.78. The Balaban J connectivity index is 1.91. The molecule has 2 aromatic rings. The molecule has 3 rings (SSSR count). The molecule has 0 aliphatic carbocycles. The van der Waals surface area contributed by atoms with E-state index in [2.05, 4.69) is 21.3 Å². The number of carbonyl (C=O) groups is 1. The Labute approximate surface area is 97.1 Å². The summed E-state index contributed by atoms with van der Waals surface area (Å²) in [7, 11) is 0. The van der Waals surface area contributed by atoms with Crippen molar-refractivity contribution in [3.8, 4) is 0 Å². The van der Waals surface area contributed by atoms with E-state index in [0.29, 0.717) is 0 Å². The molecular formula is C11H11N3OS. The third-order valence-corrected chi connectivity index (χ3v) is 3.88. The highest BCUT2D eigenvalue weighted by atomic mass is 32.1. The summed E-state index contributed by atoms with van der Waals surface area (Å²) < 4.78 is 1.53. The lowest BCUT2D eigenvalue weighted by atomic mass is 10.1. The van der Waals surface area contributed by atoms with Crippen LogP contribution in [0, 0.1) is 0 Å². The number of carbonyl (C=O) groups excluding carboxylic acids is 1. The topological polar surface area (TPSA) is 38.1 Å². The fraction of sp³-hybridized carbons (Fsp3) is 0.273. The first kappa shape index (κ1) is 9.59. The Morgan fingerprint density at radius 2 is 2.44 bits per heavy atom. The standard InChI is InChI=1S/C11H11N3OS/c15-8-14-5-3-12-11(14)13-4-1-10-9(7-13)2-6-16-10/h2-3,5-6,8H,1,4,7H2. The van der Waals surface area contributed by atoms with Crippen LogP contribution in [0.5, 0.6) is 0 Å². The lowest BCUT2D eigenvalue weighted by molar-refractivity contribution is 0.546. The van der Waals surface area contributed by atoms with E-state index in [1.165, 1.54) is 15.0 Å². The predicted octanol–water partition coefficient (Wildman–Crippen LogP) is 1.55. The third kappa shape index (κ3) is 1.44. The largest absolute Gasteiger partial charge is 0.337 e. The molecule has 0 radical (unpaired) electrons. The molecule has 1 aliphatic heterocycles. The Bertz CT molecular complexity index is 517. The van der Waals surface area contributed by atoms with Crippen LogP contribution in [0.15, 0.2) is 23.8 Å². The van der Waals surface area contributed by atoms with Gasteiger partial charge in [0, 0.05) is 30.4 Å². The maximum Gasteiger partial charge on any atom is 0.220 e. The van der Waals surface area contributed by atoms with Crippen molar-refractivity contribution in [2.24, 2.45) is 0 Å². The van der Waals surface area contributed by atoms with Crippen LogP contribution in [0.2, 0.25) is 0 Å². The van der Waals surface area contributed by atoms with Gasteiger partial charge in [-0.3, -0.25) is 9.36 Å². The highest BCUT2D eigenvalue weighted by Crippen LogP contribution is 2.26. The third-order valence-electron chi connectivity index (χ3n) is 2.85. The van der Waals surface area contributed by atoms with Crippen molar-refractivity contribution in [1.82, 2.24) is 9.55 Å². The zero-order valence-corrected chi connectivity index (χ0v) is 9.48. The monoisotopic (exact) mass is 233 g/mol. The molecule has 4 nitrogen and oxygen atoms in total. The minimum Gasteiger partial charge on any atom is -0.337 e. The van der Waals surface area contributed by atoms with Crippen molar-refractivity contribution in [1.29, 1.82) is 0 Å². The number of anilines is 1. The maximum absolute atomic E-state index is 10.8. The maximum atomic E-state index is 10.8. The van der Waals surface area contributed by atoms with Gasteiger partial charge >= 0.3 is 0 Å². The molecule has 0 atom stereocenters. The molecule has 3 heterocycles. The van der Waals surface area contributed by atoms with Gasteiger partial charge in [0.05, 0.1) is 0 Å². The number of thiophene rings is 1. The van der Waals surface area contributed by atoms with Crippen molar-refractivity contribution < 1.29 is 4.79 Å². The molecule has 1 aliphatic rings. The molecule has 0 amide bonds. The van der Waals surface area contributed by atoms with Gasteiger partial charge in [-0.25, -0.2) is 4.98 Å². The van der Waals surface area contributed by atoms with E-state index >= 15 is 0 Å². The molecule has 0 N–H and O–H groups in total. The fourth-order valence-electron chi connectivity index (χ4n) is 2.05. The molecule has 16 heavy (non-hydrogen) atoms. The summed E-state index contributed by atoms with van der Waals surface area (Å²) in [4.78, 5) is 18.7. The minimum atomic E-state index is 0.742. The summed E-state index contributed by atoms with van der Waals surface area (Å²) in [5, 5.41) is 2.13. The first-order valence-corrected chi connectivity index (χ1v) is 6.05. The van der Waals surface area contributed by atoms with E-state index in [-0.39, 0.29) is 0 Å². The Morgan fingerprint density at radius 3 is 3.31 bits per heavy atom. The van der Waals surface area contributed by atoms with E-state index < -0.39 is 0 Å². The fourth-order valence-corrected chi connectivity index (χ4v) is 2.94. The Hall–Kier alpha value is -1.62. The van der Waals surface area contributed by atoms with Crippen LogP contribution < -0.4 is 4.90 Å². The van der Waals surface area contributed by atoms with Crippen molar-refractivity contribution in [2.45, 2.75) is 13.0 Å². The van der Waals surface area contributed by atoms with Gasteiger partial charge in [-0.15, -0.1) is 11.3 Å². The smallest absolute Gasteiger partial charge is 0.220 e. The van der Waals surface area contributed by atoms with E-state index in [9.17, 15) is 4.79 Å². The molecule has 5 heteroatoms. The molecule has 0 saturated carbocycles. The highest BCUT2D eigenvalue weighted by molar-refractivity contribution is 7.10. The van der Waals surface area contributed by atoms with E-state index in [1.807, 2.05) is 11.3 Å². The summed E-state index contributed by atoms with van der Waals surface area (Å²) in [6.07, 6.45) is 5.18. The van der Waals surface area contributed by atoms with Gasteiger partial charge in [0.1, 0.15) is 0 Å². The van der Waals surface area contributed by atoms with E-state index in [4.69, 9.17) is 0 Å². The summed E-state index contributed by atoms with van der Waals surface area (Å²) in [6, 6.07) is 2.15. The summed E-state index contributed by atoms with van der Waals surface area (Å²) >= 11 is 1.81. The Morgan fingerprint density at radius 1 is 1.50 bits per heavy atom. The van der Waals surface area contributed by atoms with Crippen LogP contribution in [0.4, 0.5) is 5.95 Å². The van der Waals surface area contributed by atoms with Gasteiger partial charge in [-0.2, -0.15) is 0 Å². The number of hydrogen-bond acceptors (Lipinski definition) is 4. The summed E-state index contributed by atoms with van der Waals surface area (Å²) in [5.74, 6) is 0.742. The SMILES string of the molecule is O=Cn1ccnc1N1CCc2sccc2C1. The first-order valence-electron chi connectivity index (χ1n) is 5.17. The van der Waals surface area contributed by atoms with Crippen molar-refractivity contribution in [3.05, 3.63) is 34.3 Å². The first-order chi connectivity index (χ1) is 7.88. The molecule has 2 aromatic heterocycles. The van der Waals surface area contributed by atoms with E-state index in [0.717, 1.165) is 31.9 Å². The summed E-state index contributed by atoms with van der Waals surface area (Å²) in [6.45, 7) is 1.78. The second kappa shape index (κ2) is 3.75. The van der Waals surface area contributed by atoms with Gasteiger partial charge < -0.3 is 4.90 Å². The van der Waals surface area contributed by atoms with Crippen molar-refractivity contribution in [3.63, 3.8) is 0 Å². The lowest BCUT2D eigenvalue weighted by Crippen LogP contribution is -2.31. The van der Waals surface area contributed by atoms with Gasteiger partial charge in [-0.1, -0.05) is 0 Å². The quantitative estimate of drug-likeness (QED) is 0.739. The zero-order chi connectivity index (χ0) is 11.0. The van der Waals surface area contributed by atoms with Crippen LogP contribution in [0.25, 0.3) is 0 Å². The predicted molar refractivity (Wildman–Crippen MR) is 63.4 cm³/mol. The number of aromatic nitrogens is 2. The molecule has 82 valence electrons. The second-order valence-corrected chi connectivity index (χ2v) is 4.78. The van der Waals surface area contributed by atoms with Crippen molar-refractivity contribution in [2.75, 3.05) is 11.4 Å². The number of imidazole rings is 1. The lowest BCUT2D eigenvalue weighted by Gasteiger charge is -2.27. The van der Waals surface area contributed by atoms with Crippen molar-refractivity contribution >= 4 is 23.7 Å². The van der Waals surface area contributed by atoms with Gasteiger partial charge in [-0.05, 0) is 23.4 Å². The number of rotatable bonds is 2. The minimum absolute atomic E-state index is 0.742. The van der Waals surface area contributed by atoms with Gasteiger partial charge in [0.2, 0.25) is 12.4 Å². The van der Waals surface area contributed by atoms with Crippen LogP contribution >= 0.6 is 11.3 Å². The molecule has 0 aromatic carbocycles.